The topological polar surface area (TPSA) is 125 Å². The molecular weight excluding hydrogens is 406 g/mol. The van der Waals surface area contributed by atoms with E-state index >= 15 is 0 Å². The van der Waals surface area contributed by atoms with Gasteiger partial charge in [-0.25, -0.2) is 4.79 Å². The Balaban J connectivity index is 1.53. The van der Waals surface area contributed by atoms with Crippen LogP contribution in [0.15, 0.2) is 24.3 Å². The summed E-state index contributed by atoms with van der Waals surface area (Å²) in [6, 6.07) is 7.64. The number of hydrogen-bond donors (Lipinski definition) is 2. The summed E-state index contributed by atoms with van der Waals surface area (Å²) in [6.45, 7) is 4.09. The van der Waals surface area contributed by atoms with Crippen molar-refractivity contribution in [3.63, 3.8) is 0 Å². The zero-order valence-electron chi connectivity index (χ0n) is 17.6. The van der Waals surface area contributed by atoms with Crippen molar-refractivity contribution >= 4 is 29.6 Å². The first-order valence-electron chi connectivity index (χ1n) is 10.2. The van der Waals surface area contributed by atoms with Crippen LogP contribution in [0.4, 0.5) is 10.5 Å². The number of piperidine rings is 1. The minimum absolute atomic E-state index is 0.174. The van der Waals surface area contributed by atoms with E-state index < -0.39 is 24.3 Å². The fourth-order valence-corrected chi connectivity index (χ4v) is 3.82. The molecule has 2 fully saturated rings. The van der Waals surface area contributed by atoms with Gasteiger partial charge in [0, 0.05) is 32.6 Å². The van der Waals surface area contributed by atoms with Crippen molar-refractivity contribution in [2.75, 3.05) is 31.1 Å². The maximum Gasteiger partial charge on any atom is 0.414 e. The van der Waals surface area contributed by atoms with Gasteiger partial charge in [-0.15, -0.1) is 0 Å². The molecular formula is C21H27N3O7. The third kappa shape index (κ3) is 5.72. The van der Waals surface area contributed by atoms with E-state index in [0.29, 0.717) is 32.5 Å². The summed E-state index contributed by atoms with van der Waals surface area (Å²) in [6.07, 6.45) is -1.17. The molecule has 0 aromatic heterocycles. The van der Waals surface area contributed by atoms with E-state index in [9.17, 15) is 24.3 Å². The molecule has 2 saturated heterocycles. The first-order valence-corrected chi connectivity index (χ1v) is 10.2. The number of rotatable bonds is 6. The largest absolute Gasteiger partial charge is 0.442 e. The molecule has 2 N–H and O–H groups in total. The van der Waals surface area contributed by atoms with Gasteiger partial charge in [-0.1, -0.05) is 12.1 Å². The van der Waals surface area contributed by atoms with Crippen LogP contribution < -0.4 is 10.2 Å². The van der Waals surface area contributed by atoms with Gasteiger partial charge in [0.25, 0.3) is 12.2 Å². The number of esters is 1. The van der Waals surface area contributed by atoms with Crippen LogP contribution in [0.3, 0.4) is 0 Å². The van der Waals surface area contributed by atoms with Crippen molar-refractivity contribution in [1.82, 2.24) is 10.2 Å². The second-order valence-electron chi connectivity index (χ2n) is 7.71. The van der Waals surface area contributed by atoms with Gasteiger partial charge < -0.3 is 24.8 Å². The van der Waals surface area contributed by atoms with Gasteiger partial charge in [0.15, 0.2) is 0 Å². The molecule has 1 aromatic carbocycles. The summed E-state index contributed by atoms with van der Waals surface area (Å²) in [5.74, 6) is -1.25. The summed E-state index contributed by atoms with van der Waals surface area (Å²) in [7, 11) is 0. The molecule has 0 spiro atoms. The summed E-state index contributed by atoms with van der Waals surface area (Å²) < 4.78 is 9.83. The molecule has 3 amide bonds. The molecule has 31 heavy (non-hydrogen) atoms. The van der Waals surface area contributed by atoms with Crippen LogP contribution in [-0.4, -0.2) is 72.5 Å². The average molecular weight is 433 g/mol. The summed E-state index contributed by atoms with van der Waals surface area (Å²) in [5.41, 5.74) is 1.81. The number of carbonyl (C=O) groups is 4. The monoisotopic (exact) mass is 433 g/mol. The van der Waals surface area contributed by atoms with Crippen molar-refractivity contribution < 1.29 is 33.8 Å². The lowest BCUT2D eigenvalue weighted by Gasteiger charge is -2.33. The van der Waals surface area contributed by atoms with Crippen LogP contribution in [0.2, 0.25) is 0 Å². The maximum absolute atomic E-state index is 12.1. The quantitative estimate of drug-likeness (QED) is 0.500. The van der Waals surface area contributed by atoms with E-state index in [1.165, 1.54) is 16.7 Å². The molecule has 1 aromatic rings. The second-order valence-corrected chi connectivity index (χ2v) is 7.71. The van der Waals surface area contributed by atoms with Gasteiger partial charge >= 0.3 is 12.1 Å². The highest BCUT2D eigenvalue weighted by Crippen LogP contribution is 2.30. The molecule has 10 heteroatoms. The minimum Gasteiger partial charge on any atom is -0.442 e. The van der Waals surface area contributed by atoms with Crippen LogP contribution in [0, 0.1) is 0 Å². The first kappa shape index (κ1) is 22.5. The number of nitrogens with one attached hydrogen (secondary N) is 1. The third-order valence-corrected chi connectivity index (χ3v) is 5.42. The molecule has 0 aliphatic carbocycles. The Morgan fingerprint density at radius 2 is 1.84 bits per heavy atom. The Hall–Kier alpha value is -3.14. The number of hydrogen-bond acceptors (Lipinski definition) is 7. The lowest BCUT2D eigenvalue weighted by atomic mass is 9.89. The van der Waals surface area contributed by atoms with Crippen molar-refractivity contribution in [1.29, 1.82) is 0 Å². The molecule has 2 aliphatic heterocycles. The molecule has 2 heterocycles. The highest BCUT2D eigenvalue weighted by molar-refractivity contribution is 5.89. The SMILES string of the molecule is CC(=O)NC[C@H]1CN(c2ccc(C3CCN(C(=O)C(O)OC(C)=O)CC3)cc2)C(=O)O1. The van der Waals surface area contributed by atoms with Gasteiger partial charge in [0.2, 0.25) is 5.91 Å². The summed E-state index contributed by atoms with van der Waals surface area (Å²) in [4.78, 5) is 49.2. The Morgan fingerprint density at radius 1 is 1.19 bits per heavy atom. The predicted molar refractivity (Wildman–Crippen MR) is 109 cm³/mol. The number of cyclic esters (lactones) is 1. The Morgan fingerprint density at radius 3 is 2.42 bits per heavy atom. The minimum atomic E-state index is -1.76. The van der Waals surface area contributed by atoms with Crippen molar-refractivity contribution in [3.05, 3.63) is 29.8 Å². The molecule has 0 radical (unpaired) electrons. The van der Waals surface area contributed by atoms with Crippen LogP contribution >= 0.6 is 0 Å². The molecule has 10 nitrogen and oxygen atoms in total. The molecule has 3 rings (SSSR count). The Kier molecular flexibility index (Phi) is 7.11. The Bertz CT molecular complexity index is 834. The molecule has 168 valence electrons. The number of aliphatic hydroxyl groups excluding tert-OH is 1. The molecule has 2 aliphatic rings. The predicted octanol–water partition coefficient (Wildman–Crippen LogP) is 0.735. The number of ether oxygens (including phenoxy) is 2. The second kappa shape index (κ2) is 9.78. The number of benzene rings is 1. The van der Waals surface area contributed by atoms with Gasteiger partial charge in [0.05, 0.1) is 13.1 Å². The maximum atomic E-state index is 12.1. The number of amides is 3. The number of aliphatic hydroxyl groups is 1. The van der Waals surface area contributed by atoms with Crippen molar-refractivity contribution in [2.45, 2.75) is 45.0 Å². The van der Waals surface area contributed by atoms with Crippen LogP contribution in [0.5, 0.6) is 0 Å². The lowest BCUT2D eigenvalue weighted by Crippen LogP contribution is -2.44. The number of anilines is 1. The van der Waals surface area contributed by atoms with Crippen LogP contribution in [0.1, 0.15) is 38.2 Å². The Labute approximate surface area is 180 Å². The standard InChI is InChI=1S/C21H27N3O7/c1-13(25)22-11-18-12-24(21(29)31-18)17-5-3-15(4-6-17)16-7-9-23(10-8-16)19(27)20(28)30-14(2)26/h3-6,16,18,20,28H,7-12H2,1-2H3,(H,22,25)/t18-,20?/m0/s1. The van der Waals surface area contributed by atoms with Gasteiger partial charge in [-0.2, -0.15) is 0 Å². The van der Waals surface area contributed by atoms with E-state index in [1.807, 2.05) is 24.3 Å². The van der Waals surface area contributed by atoms with Crippen LogP contribution in [0.25, 0.3) is 0 Å². The van der Waals surface area contributed by atoms with Crippen molar-refractivity contribution in [2.24, 2.45) is 0 Å². The van der Waals surface area contributed by atoms with Gasteiger partial charge in [-0.05, 0) is 36.5 Å². The average Bonchev–Trinajstić information content (AvgIpc) is 3.12. The summed E-state index contributed by atoms with van der Waals surface area (Å²) in [5, 5.41) is 12.3. The molecule has 1 unspecified atom stereocenters. The van der Waals surface area contributed by atoms with E-state index in [0.717, 1.165) is 18.2 Å². The van der Waals surface area contributed by atoms with E-state index in [4.69, 9.17) is 4.74 Å². The number of likely N-dealkylation sites (tertiary alicyclic amines) is 1. The highest BCUT2D eigenvalue weighted by atomic mass is 16.6. The zero-order valence-corrected chi connectivity index (χ0v) is 17.6. The first-order chi connectivity index (χ1) is 14.7. The number of nitrogens with zero attached hydrogens (tertiary/aromatic N) is 2. The molecule has 2 atom stereocenters. The van der Waals surface area contributed by atoms with E-state index in [-0.39, 0.29) is 24.5 Å². The van der Waals surface area contributed by atoms with Gasteiger partial charge in [-0.3, -0.25) is 19.3 Å². The molecule has 0 bridgehead atoms. The van der Waals surface area contributed by atoms with E-state index in [1.54, 1.807) is 0 Å². The highest BCUT2D eigenvalue weighted by Gasteiger charge is 2.33. The van der Waals surface area contributed by atoms with Crippen molar-refractivity contribution in [3.8, 4) is 0 Å². The van der Waals surface area contributed by atoms with E-state index in [2.05, 4.69) is 10.1 Å². The summed E-state index contributed by atoms with van der Waals surface area (Å²) >= 11 is 0. The van der Waals surface area contributed by atoms with Crippen LogP contribution in [-0.2, 0) is 23.9 Å². The molecule has 0 saturated carbocycles. The fraction of sp³-hybridized carbons (Fsp3) is 0.524. The fourth-order valence-electron chi connectivity index (χ4n) is 3.82. The normalized spacial score (nSPS) is 20.2. The number of carbonyl (C=O) groups excluding carboxylic acids is 4. The smallest absolute Gasteiger partial charge is 0.414 e. The zero-order chi connectivity index (χ0) is 22.5. The third-order valence-electron chi connectivity index (χ3n) is 5.42. The lowest BCUT2D eigenvalue weighted by molar-refractivity contribution is -0.181. The van der Waals surface area contributed by atoms with Gasteiger partial charge in [0.1, 0.15) is 6.10 Å².